The first-order valence-electron chi connectivity index (χ1n) is 5.45. The van der Waals surface area contributed by atoms with Crippen LogP contribution in [0.2, 0.25) is 0 Å². The minimum Gasteiger partial charge on any atom is -0.476 e. The zero-order chi connectivity index (χ0) is 14.8. The number of nitrogens with one attached hydrogen (secondary N) is 1. The SMILES string of the molecule is O=C(O)c1csc(CNc2ccccc2C(F)(F)F)n1. The van der Waals surface area contributed by atoms with Crippen LogP contribution in [-0.4, -0.2) is 16.1 Å². The fourth-order valence-corrected chi connectivity index (χ4v) is 2.25. The lowest BCUT2D eigenvalue weighted by Gasteiger charge is -2.13. The summed E-state index contributed by atoms with van der Waals surface area (Å²) in [7, 11) is 0. The lowest BCUT2D eigenvalue weighted by atomic mass is 10.1. The van der Waals surface area contributed by atoms with Crippen LogP contribution in [0, 0.1) is 0 Å². The molecule has 0 bridgehead atoms. The predicted molar refractivity (Wildman–Crippen MR) is 67.8 cm³/mol. The third kappa shape index (κ3) is 3.27. The maximum absolute atomic E-state index is 12.8. The summed E-state index contributed by atoms with van der Waals surface area (Å²) in [6, 6.07) is 5.09. The Bertz CT molecular complexity index is 625. The molecule has 0 aliphatic rings. The van der Waals surface area contributed by atoms with Gasteiger partial charge in [0, 0.05) is 11.1 Å². The molecular weight excluding hydrogens is 293 g/mol. The quantitative estimate of drug-likeness (QED) is 0.907. The van der Waals surface area contributed by atoms with Gasteiger partial charge in [0.15, 0.2) is 5.69 Å². The normalized spacial score (nSPS) is 11.3. The Balaban J connectivity index is 2.13. The van der Waals surface area contributed by atoms with Crippen LogP contribution >= 0.6 is 11.3 Å². The lowest BCUT2D eigenvalue weighted by Crippen LogP contribution is -2.10. The van der Waals surface area contributed by atoms with E-state index in [0.29, 0.717) is 5.01 Å². The van der Waals surface area contributed by atoms with Crippen LogP contribution in [0.3, 0.4) is 0 Å². The number of hydrogen-bond donors (Lipinski definition) is 2. The fourth-order valence-electron chi connectivity index (χ4n) is 1.55. The molecule has 0 aliphatic carbocycles. The van der Waals surface area contributed by atoms with Gasteiger partial charge in [0.2, 0.25) is 0 Å². The standard InChI is InChI=1S/C12H9F3N2O2S/c13-12(14,15)7-3-1-2-4-8(7)16-5-10-17-9(6-20-10)11(18)19/h1-4,6,16H,5H2,(H,18,19). The average Bonchev–Trinajstić information content (AvgIpc) is 2.84. The minimum atomic E-state index is -4.45. The maximum Gasteiger partial charge on any atom is 0.418 e. The van der Waals surface area contributed by atoms with Gasteiger partial charge in [-0.15, -0.1) is 11.3 Å². The van der Waals surface area contributed by atoms with Crippen molar-refractivity contribution in [2.24, 2.45) is 0 Å². The predicted octanol–water partition coefficient (Wildman–Crippen LogP) is 3.47. The van der Waals surface area contributed by atoms with Crippen molar-refractivity contribution in [1.82, 2.24) is 4.98 Å². The number of aromatic carboxylic acids is 1. The van der Waals surface area contributed by atoms with Crippen molar-refractivity contribution in [2.45, 2.75) is 12.7 Å². The zero-order valence-corrected chi connectivity index (χ0v) is 10.8. The van der Waals surface area contributed by atoms with Gasteiger partial charge in [-0.05, 0) is 12.1 Å². The van der Waals surface area contributed by atoms with Gasteiger partial charge in [-0.3, -0.25) is 0 Å². The first-order chi connectivity index (χ1) is 9.38. The van der Waals surface area contributed by atoms with Gasteiger partial charge in [-0.1, -0.05) is 12.1 Å². The number of thiazole rings is 1. The number of alkyl halides is 3. The molecule has 0 radical (unpaired) electrons. The summed E-state index contributed by atoms with van der Waals surface area (Å²) in [4.78, 5) is 14.4. The lowest BCUT2D eigenvalue weighted by molar-refractivity contribution is -0.137. The van der Waals surface area contributed by atoms with Gasteiger partial charge in [0.25, 0.3) is 0 Å². The van der Waals surface area contributed by atoms with Crippen molar-refractivity contribution < 1.29 is 23.1 Å². The summed E-state index contributed by atoms with van der Waals surface area (Å²) in [5, 5.41) is 13.1. The Morgan fingerprint density at radius 3 is 2.65 bits per heavy atom. The molecule has 0 amide bonds. The molecule has 20 heavy (non-hydrogen) atoms. The van der Waals surface area contributed by atoms with Crippen molar-refractivity contribution in [3.05, 3.63) is 45.9 Å². The number of anilines is 1. The second-order valence-corrected chi connectivity index (χ2v) is 4.77. The van der Waals surface area contributed by atoms with Crippen molar-refractivity contribution in [3.63, 3.8) is 0 Å². The van der Waals surface area contributed by atoms with Crippen LogP contribution < -0.4 is 5.32 Å². The molecule has 0 saturated carbocycles. The Kier molecular flexibility index (Phi) is 3.93. The molecule has 0 atom stereocenters. The average molecular weight is 302 g/mol. The number of nitrogens with zero attached hydrogens (tertiary/aromatic N) is 1. The first-order valence-corrected chi connectivity index (χ1v) is 6.33. The molecule has 0 spiro atoms. The smallest absolute Gasteiger partial charge is 0.418 e. The number of benzene rings is 1. The van der Waals surface area contributed by atoms with Crippen molar-refractivity contribution in [1.29, 1.82) is 0 Å². The third-order valence-electron chi connectivity index (χ3n) is 2.43. The van der Waals surface area contributed by atoms with Crippen molar-refractivity contribution >= 4 is 23.0 Å². The van der Waals surface area contributed by atoms with Crippen LogP contribution in [0.1, 0.15) is 21.1 Å². The number of hydrogen-bond acceptors (Lipinski definition) is 4. The maximum atomic E-state index is 12.8. The number of rotatable bonds is 4. The Labute approximate surface area is 115 Å². The van der Waals surface area contributed by atoms with Crippen LogP contribution in [-0.2, 0) is 12.7 Å². The zero-order valence-electron chi connectivity index (χ0n) is 9.94. The molecule has 106 valence electrons. The van der Waals surface area contributed by atoms with Crippen LogP contribution in [0.5, 0.6) is 0 Å². The van der Waals surface area contributed by atoms with E-state index in [1.165, 1.54) is 23.6 Å². The number of carbonyl (C=O) groups is 1. The summed E-state index contributed by atoms with van der Waals surface area (Å²) < 4.78 is 38.3. The summed E-state index contributed by atoms with van der Waals surface area (Å²) >= 11 is 1.07. The van der Waals surface area contributed by atoms with Crippen LogP contribution in [0.15, 0.2) is 29.6 Å². The largest absolute Gasteiger partial charge is 0.476 e. The van der Waals surface area contributed by atoms with Crippen LogP contribution in [0.25, 0.3) is 0 Å². The number of para-hydroxylation sites is 1. The molecule has 2 N–H and O–H groups in total. The number of halogens is 3. The number of aromatic nitrogens is 1. The molecule has 4 nitrogen and oxygen atoms in total. The molecule has 0 aliphatic heterocycles. The molecule has 2 rings (SSSR count). The van der Waals surface area contributed by atoms with E-state index in [-0.39, 0.29) is 17.9 Å². The van der Waals surface area contributed by atoms with E-state index < -0.39 is 17.7 Å². The van der Waals surface area contributed by atoms with Gasteiger partial charge in [0.05, 0.1) is 12.1 Å². The molecule has 0 unspecified atom stereocenters. The summed E-state index contributed by atoms with van der Waals surface area (Å²) in [6.45, 7) is 0.0328. The van der Waals surface area contributed by atoms with Gasteiger partial charge in [-0.2, -0.15) is 13.2 Å². The van der Waals surface area contributed by atoms with E-state index in [1.807, 2.05) is 0 Å². The molecule has 1 aromatic carbocycles. The third-order valence-corrected chi connectivity index (χ3v) is 3.28. The fraction of sp³-hybridized carbons (Fsp3) is 0.167. The Morgan fingerprint density at radius 1 is 1.35 bits per heavy atom. The molecule has 8 heteroatoms. The molecule has 0 saturated heterocycles. The van der Waals surface area contributed by atoms with Crippen LogP contribution in [0.4, 0.5) is 18.9 Å². The highest BCUT2D eigenvalue weighted by Crippen LogP contribution is 2.34. The highest BCUT2D eigenvalue weighted by atomic mass is 32.1. The van der Waals surface area contributed by atoms with E-state index in [4.69, 9.17) is 5.11 Å². The first kappa shape index (κ1) is 14.3. The van der Waals surface area contributed by atoms with Gasteiger partial charge >= 0.3 is 12.1 Å². The highest BCUT2D eigenvalue weighted by molar-refractivity contribution is 7.09. The second kappa shape index (κ2) is 5.49. The van der Waals surface area contributed by atoms with E-state index in [9.17, 15) is 18.0 Å². The van der Waals surface area contributed by atoms with E-state index in [2.05, 4.69) is 10.3 Å². The monoisotopic (exact) mass is 302 g/mol. The van der Waals surface area contributed by atoms with E-state index >= 15 is 0 Å². The molecule has 1 aromatic heterocycles. The summed E-state index contributed by atoms with van der Waals surface area (Å²) in [5.41, 5.74) is -0.946. The van der Waals surface area contributed by atoms with Crippen molar-refractivity contribution in [2.75, 3.05) is 5.32 Å². The molecule has 0 fully saturated rings. The topological polar surface area (TPSA) is 62.2 Å². The van der Waals surface area contributed by atoms with Crippen molar-refractivity contribution in [3.8, 4) is 0 Å². The molecular formula is C12H9F3N2O2S. The van der Waals surface area contributed by atoms with E-state index in [0.717, 1.165) is 17.4 Å². The Morgan fingerprint density at radius 2 is 2.05 bits per heavy atom. The Hall–Kier alpha value is -2.09. The summed E-state index contributed by atoms with van der Waals surface area (Å²) in [6.07, 6.45) is -4.45. The summed E-state index contributed by atoms with van der Waals surface area (Å²) in [5.74, 6) is -1.16. The molecule has 2 aromatic rings. The van der Waals surface area contributed by atoms with Gasteiger partial charge in [-0.25, -0.2) is 9.78 Å². The number of carboxylic acid groups (broad SMARTS) is 1. The highest BCUT2D eigenvalue weighted by Gasteiger charge is 2.33. The second-order valence-electron chi connectivity index (χ2n) is 3.83. The minimum absolute atomic E-state index is 0.0328. The molecule has 1 heterocycles. The number of carboxylic acids is 1. The van der Waals surface area contributed by atoms with Gasteiger partial charge < -0.3 is 10.4 Å². The van der Waals surface area contributed by atoms with E-state index in [1.54, 1.807) is 0 Å². The van der Waals surface area contributed by atoms with Gasteiger partial charge in [0.1, 0.15) is 5.01 Å².